The molecule has 0 spiro atoms. The zero-order chi connectivity index (χ0) is 28.4. The molecule has 1 fully saturated rings. The first-order valence-electron chi connectivity index (χ1n) is 12.4. The Kier molecular flexibility index (Phi) is 5.78. The maximum absolute atomic E-state index is 13.7. The third-order valence-electron chi connectivity index (χ3n) is 7.42. The number of carbonyl (C=O) groups is 1. The van der Waals surface area contributed by atoms with Gasteiger partial charge in [-0.05, 0) is 37.5 Å². The lowest BCUT2D eigenvalue weighted by molar-refractivity contribution is -0.284. The largest absolute Gasteiger partial charge is 0.453 e. The molecule has 208 valence electrons. The summed E-state index contributed by atoms with van der Waals surface area (Å²) in [5.41, 5.74) is -0.0487. The number of fused-ring (bicyclic) bond motifs is 2. The summed E-state index contributed by atoms with van der Waals surface area (Å²) in [5.74, 6) is -5.04. The number of amides is 1. The van der Waals surface area contributed by atoms with Gasteiger partial charge in [-0.25, -0.2) is 24.3 Å². The van der Waals surface area contributed by atoms with Crippen LogP contribution in [0.15, 0.2) is 42.9 Å². The average Bonchev–Trinajstić information content (AvgIpc) is 3.44. The van der Waals surface area contributed by atoms with Crippen LogP contribution in [-0.4, -0.2) is 55.4 Å². The van der Waals surface area contributed by atoms with Crippen LogP contribution in [0.5, 0.6) is 0 Å². The predicted octanol–water partition coefficient (Wildman–Crippen LogP) is 4.92. The zero-order valence-electron chi connectivity index (χ0n) is 20.9. The van der Waals surface area contributed by atoms with Crippen molar-refractivity contribution < 1.29 is 31.1 Å². The number of benzene rings is 1. The lowest BCUT2D eigenvalue weighted by atomic mass is 9.77. The van der Waals surface area contributed by atoms with Gasteiger partial charge in [-0.1, -0.05) is 12.1 Å². The van der Waals surface area contributed by atoms with Gasteiger partial charge in [0.05, 0.1) is 11.3 Å². The first kappa shape index (κ1) is 26.0. The SMILES string of the molecule is CC1(c2ccc(F)cc2)C(=O)Nc2nc(-c3cn4ccnc4c(CCC(F)(F)C(F)(F)F)n3)nc(N3CCC3)c21. The zero-order valence-corrected chi connectivity index (χ0v) is 20.9. The highest BCUT2D eigenvalue weighted by Crippen LogP contribution is 2.47. The van der Waals surface area contributed by atoms with Crippen molar-refractivity contribution in [3.63, 3.8) is 0 Å². The highest BCUT2D eigenvalue weighted by Gasteiger charge is 2.56. The molecule has 3 aromatic heterocycles. The van der Waals surface area contributed by atoms with E-state index < -0.39 is 42.1 Å². The minimum absolute atomic E-state index is 0.0451. The standard InChI is InChI=1S/C26H21F6N7O/c1-24(14-3-5-15(27)6-4-14)18-20(37-23(24)40)35-19(36-22(18)38-10-2-11-38)17-13-39-12-9-33-21(39)16(34-17)7-8-25(28,29)26(30,31)32/h3-6,9,12-13H,2,7-8,10-11H2,1H3,(H,35,36,37,40). The number of halogens is 6. The molecule has 1 unspecified atom stereocenters. The van der Waals surface area contributed by atoms with Gasteiger partial charge < -0.3 is 14.6 Å². The molecular formula is C26H21F6N7O. The average molecular weight is 561 g/mol. The predicted molar refractivity (Wildman–Crippen MR) is 132 cm³/mol. The third kappa shape index (κ3) is 4.04. The fourth-order valence-electron chi connectivity index (χ4n) is 4.97. The summed E-state index contributed by atoms with van der Waals surface area (Å²) in [6.45, 7) is 3.01. The van der Waals surface area contributed by atoms with Gasteiger partial charge in [0.25, 0.3) is 0 Å². The van der Waals surface area contributed by atoms with Crippen LogP contribution in [0.2, 0.25) is 0 Å². The first-order valence-corrected chi connectivity index (χ1v) is 12.4. The molecule has 1 aromatic carbocycles. The van der Waals surface area contributed by atoms with Crippen molar-refractivity contribution in [3.8, 4) is 11.5 Å². The van der Waals surface area contributed by atoms with E-state index in [4.69, 9.17) is 4.98 Å². The Balaban J connectivity index is 1.46. The molecule has 5 heterocycles. The number of nitrogens with one attached hydrogen (secondary N) is 1. The second-order valence-corrected chi connectivity index (χ2v) is 9.95. The molecule has 14 heteroatoms. The van der Waals surface area contributed by atoms with Crippen molar-refractivity contribution in [1.29, 1.82) is 0 Å². The van der Waals surface area contributed by atoms with Crippen LogP contribution in [0.25, 0.3) is 17.2 Å². The van der Waals surface area contributed by atoms with E-state index in [0.717, 1.165) is 6.42 Å². The van der Waals surface area contributed by atoms with Gasteiger partial charge >= 0.3 is 12.1 Å². The number of aromatic nitrogens is 5. The topological polar surface area (TPSA) is 88.3 Å². The summed E-state index contributed by atoms with van der Waals surface area (Å²) in [5, 5.41) is 2.78. The number of nitrogens with zero attached hydrogens (tertiary/aromatic N) is 6. The van der Waals surface area contributed by atoms with Gasteiger partial charge in [0.15, 0.2) is 11.5 Å². The van der Waals surface area contributed by atoms with Gasteiger partial charge in [-0.3, -0.25) is 4.79 Å². The van der Waals surface area contributed by atoms with Gasteiger partial charge in [-0.15, -0.1) is 0 Å². The van der Waals surface area contributed by atoms with Gasteiger partial charge in [0.2, 0.25) is 5.91 Å². The molecular weight excluding hydrogens is 540 g/mol. The number of carbonyl (C=O) groups excluding carboxylic acids is 1. The molecule has 1 atom stereocenters. The van der Waals surface area contributed by atoms with Crippen LogP contribution in [0.1, 0.15) is 36.6 Å². The quantitative estimate of drug-likeness (QED) is 0.336. The third-order valence-corrected chi connectivity index (χ3v) is 7.42. The molecule has 0 bridgehead atoms. The van der Waals surface area contributed by atoms with Crippen LogP contribution in [0, 0.1) is 5.82 Å². The molecule has 0 radical (unpaired) electrons. The van der Waals surface area contributed by atoms with Crippen molar-refractivity contribution in [2.75, 3.05) is 23.3 Å². The van der Waals surface area contributed by atoms with E-state index in [9.17, 15) is 31.1 Å². The lowest BCUT2D eigenvalue weighted by Gasteiger charge is -2.36. The number of hydrogen-bond acceptors (Lipinski definition) is 6. The second kappa shape index (κ2) is 8.89. The van der Waals surface area contributed by atoms with Crippen LogP contribution in [0.4, 0.5) is 38.0 Å². The molecule has 2 aliphatic rings. The number of imidazole rings is 1. The Labute approximate surface area is 223 Å². The van der Waals surface area contributed by atoms with Crippen molar-refractivity contribution in [2.24, 2.45) is 0 Å². The minimum atomic E-state index is -5.69. The highest BCUT2D eigenvalue weighted by molar-refractivity contribution is 6.09. The summed E-state index contributed by atoms with van der Waals surface area (Å²) < 4.78 is 80.9. The van der Waals surface area contributed by atoms with E-state index in [-0.39, 0.29) is 28.7 Å². The number of rotatable bonds is 6. The molecule has 40 heavy (non-hydrogen) atoms. The normalized spacial score (nSPS) is 19.1. The molecule has 1 N–H and O–H groups in total. The Morgan fingerprint density at radius 2 is 1.77 bits per heavy atom. The van der Waals surface area contributed by atoms with Gasteiger partial charge in [0, 0.05) is 38.1 Å². The monoisotopic (exact) mass is 561 g/mol. The van der Waals surface area contributed by atoms with E-state index >= 15 is 0 Å². The van der Waals surface area contributed by atoms with Crippen molar-refractivity contribution >= 4 is 23.2 Å². The Morgan fingerprint density at radius 1 is 1.05 bits per heavy atom. The fourth-order valence-corrected chi connectivity index (χ4v) is 4.97. The van der Waals surface area contributed by atoms with Crippen molar-refractivity contribution in [3.05, 3.63) is 65.5 Å². The fraction of sp³-hybridized carbons (Fsp3) is 0.346. The number of alkyl halides is 5. The molecule has 4 aromatic rings. The molecule has 6 rings (SSSR count). The molecule has 2 aliphatic heterocycles. The van der Waals surface area contributed by atoms with Crippen LogP contribution in [-0.2, 0) is 16.6 Å². The Hall–Kier alpha value is -4.23. The summed E-state index contributed by atoms with van der Waals surface area (Å²) in [7, 11) is 0. The number of hydrogen-bond donors (Lipinski definition) is 1. The minimum Gasteiger partial charge on any atom is -0.356 e. The molecule has 1 amide bonds. The van der Waals surface area contributed by atoms with E-state index in [1.54, 1.807) is 6.92 Å². The molecule has 0 saturated carbocycles. The van der Waals surface area contributed by atoms with Crippen molar-refractivity contribution in [1.82, 2.24) is 24.3 Å². The van der Waals surface area contributed by atoms with Crippen LogP contribution >= 0.6 is 0 Å². The first-order chi connectivity index (χ1) is 18.9. The maximum Gasteiger partial charge on any atom is 0.453 e. The molecule has 0 aliphatic carbocycles. The highest BCUT2D eigenvalue weighted by atomic mass is 19.4. The van der Waals surface area contributed by atoms with E-state index in [1.165, 1.54) is 47.3 Å². The summed E-state index contributed by atoms with van der Waals surface area (Å²) in [6.07, 6.45) is -2.65. The molecule has 8 nitrogen and oxygen atoms in total. The van der Waals surface area contributed by atoms with Crippen LogP contribution < -0.4 is 10.2 Å². The van der Waals surface area contributed by atoms with Crippen LogP contribution in [0.3, 0.4) is 0 Å². The number of aryl methyl sites for hydroxylation is 1. The Morgan fingerprint density at radius 3 is 2.42 bits per heavy atom. The number of anilines is 2. The maximum atomic E-state index is 13.7. The molecule has 1 saturated heterocycles. The summed E-state index contributed by atoms with van der Waals surface area (Å²) in [4.78, 5) is 32.9. The van der Waals surface area contributed by atoms with E-state index in [2.05, 4.69) is 20.3 Å². The summed E-state index contributed by atoms with van der Waals surface area (Å²) in [6, 6.07) is 5.57. The Bertz CT molecular complexity index is 1630. The smallest absolute Gasteiger partial charge is 0.356 e. The van der Waals surface area contributed by atoms with E-state index in [0.29, 0.717) is 30.0 Å². The second-order valence-electron chi connectivity index (χ2n) is 9.95. The lowest BCUT2D eigenvalue weighted by Crippen LogP contribution is -2.41. The summed E-state index contributed by atoms with van der Waals surface area (Å²) >= 11 is 0. The van der Waals surface area contributed by atoms with Gasteiger partial charge in [-0.2, -0.15) is 22.0 Å². The van der Waals surface area contributed by atoms with E-state index in [1.807, 2.05) is 4.90 Å². The van der Waals surface area contributed by atoms with Gasteiger partial charge in [0.1, 0.15) is 28.6 Å². The van der Waals surface area contributed by atoms with Crippen molar-refractivity contribution in [2.45, 2.75) is 43.7 Å².